The lowest BCUT2D eigenvalue weighted by Crippen LogP contribution is -2.63. The number of carboxylic acid groups (broad SMARTS) is 1. The highest BCUT2D eigenvalue weighted by Crippen LogP contribution is 2.52. The molecule has 11 heteroatoms. The smallest absolute Gasteiger partial charge is 0.353 e. The number of rotatable bonds is 6. The molecule has 0 aromatic rings. The summed E-state index contributed by atoms with van der Waals surface area (Å²) < 4.78 is 0. The van der Waals surface area contributed by atoms with E-state index in [1.807, 2.05) is 28.7 Å². The molecule has 10 nitrogen and oxygen atoms in total. The average molecular weight is 466 g/mol. The molecule has 0 aromatic heterocycles. The zero-order valence-corrected chi connectivity index (χ0v) is 19.4. The summed E-state index contributed by atoms with van der Waals surface area (Å²) in [6.07, 6.45) is 1.10. The second-order valence-corrected chi connectivity index (χ2v) is 10.5. The number of aliphatic carboxylic acids is 1. The van der Waals surface area contributed by atoms with Gasteiger partial charge in [-0.2, -0.15) is 0 Å². The molecule has 0 radical (unpaired) electrons. The van der Waals surface area contributed by atoms with E-state index in [9.17, 15) is 24.6 Å². The van der Waals surface area contributed by atoms with Crippen LogP contribution in [-0.4, -0.2) is 117 Å². The zero-order chi connectivity index (χ0) is 23.3. The molecule has 3 fully saturated rings. The van der Waals surface area contributed by atoms with Gasteiger partial charge in [0.05, 0.1) is 30.4 Å². The van der Waals surface area contributed by atoms with Gasteiger partial charge in [-0.1, -0.05) is 6.92 Å². The van der Waals surface area contributed by atoms with Gasteiger partial charge >= 0.3 is 5.97 Å². The van der Waals surface area contributed by atoms with Crippen molar-refractivity contribution in [1.82, 2.24) is 19.6 Å². The van der Waals surface area contributed by atoms with E-state index in [1.54, 1.807) is 6.92 Å². The number of likely N-dealkylation sites (N-methyl/N-ethyl adjacent to an activating group) is 1. The molecular formula is C21H31N5O5S. The number of nitrogens with one attached hydrogen (secondary N) is 1. The Labute approximate surface area is 191 Å². The molecule has 4 heterocycles. The summed E-state index contributed by atoms with van der Waals surface area (Å²) in [5.41, 5.74) is 0.0367. The lowest BCUT2D eigenvalue weighted by Gasteiger charge is -2.46. The summed E-state index contributed by atoms with van der Waals surface area (Å²) in [7, 11) is 1.92. The van der Waals surface area contributed by atoms with E-state index in [0.717, 1.165) is 0 Å². The minimum absolute atomic E-state index is 0.0367. The van der Waals surface area contributed by atoms with Crippen LogP contribution in [0.15, 0.2) is 10.6 Å². The van der Waals surface area contributed by atoms with Crippen LogP contribution < -0.4 is 0 Å². The number of piperazine rings is 1. The molecule has 0 spiro atoms. The summed E-state index contributed by atoms with van der Waals surface area (Å²) in [6, 6.07) is -0.578. The number of β-lactam (4-membered cyclic amide) rings is 1. The predicted octanol–water partition coefficient (Wildman–Crippen LogP) is -0.303. The van der Waals surface area contributed by atoms with Gasteiger partial charge in [0.15, 0.2) is 0 Å². The second-order valence-electron chi connectivity index (χ2n) is 9.19. The Morgan fingerprint density at radius 2 is 1.91 bits per heavy atom. The maximum absolute atomic E-state index is 13.1. The van der Waals surface area contributed by atoms with Crippen LogP contribution in [-0.2, 0) is 14.4 Å². The van der Waals surface area contributed by atoms with Gasteiger partial charge in [0.2, 0.25) is 11.8 Å². The van der Waals surface area contributed by atoms with E-state index < -0.39 is 18.0 Å². The van der Waals surface area contributed by atoms with Crippen molar-refractivity contribution in [1.29, 1.82) is 5.41 Å². The van der Waals surface area contributed by atoms with E-state index in [0.29, 0.717) is 44.0 Å². The Morgan fingerprint density at radius 3 is 2.47 bits per heavy atom. The van der Waals surface area contributed by atoms with Gasteiger partial charge < -0.3 is 24.9 Å². The highest BCUT2D eigenvalue weighted by atomic mass is 32.2. The molecule has 1 unspecified atom stereocenters. The topological polar surface area (TPSA) is 128 Å². The molecule has 32 heavy (non-hydrogen) atoms. The molecule has 176 valence electrons. The van der Waals surface area contributed by atoms with Crippen LogP contribution in [0.2, 0.25) is 0 Å². The molecule has 4 aliphatic heterocycles. The largest absolute Gasteiger partial charge is 0.477 e. The van der Waals surface area contributed by atoms with Crippen LogP contribution in [0.1, 0.15) is 20.3 Å². The number of carbonyl (C=O) groups excluding carboxylic acids is 2. The van der Waals surface area contributed by atoms with Crippen molar-refractivity contribution >= 4 is 35.9 Å². The number of amides is 2. The Bertz CT molecular complexity index is 856. The number of aliphatic hydroxyl groups is 1. The van der Waals surface area contributed by atoms with Gasteiger partial charge in [-0.15, -0.1) is 11.8 Å². The van der Waals surface area contributed by atoms with Crippen molar-refractivity contribution in [2.75, 3.05) is 39.8 Å². The number of likely N-dealkylation sites (tertiary alicyclic amines) is 1. The Balaban J connectivity index is 1.45. The third-order valence-electron chi connectivity index (χ3n) is 7.21. The molecule has 4 aliphatic rings. The standard InChI is InChI=1S/C21H31N5O5S/c1-11-16-15(12(2)27)20(29)26(16)17(21(30)31)18(11)32-13-8-14(23(3)9-13)19(28)25-6-4-24(10-22)5-7-25/h10-16,22,27H,4-9H2,1-3H3,(H,30,31)/t11-,12?,13+,14+,15-,16-/m1/s1. The van der Waals surface area contributed by atoms with Crippen molar-refractivity contribution in [2.45, 2.75) is 43.7 Å². The zero-order valence-electron chi connectivity index (χ0n) is 18.6. The maximum atomic E-state index is 13.1. The minimum atomic E-state index is -1.12. The van der Waals surface area contributed by atoms with E-state index in [2.05, 4.69) is 0 Å². The predicted molar refractivity (Wildman–Crippen MR) is 119 cm³/mol. The number of hydrogen-bond donors (Lipinski definition) is 3. The Kier molecular flexibility index (Phi) is 6.25. The van der Waals surface area contributed by atoms with Crippen LogP contribution in [0.4, 0.5) is 0 Å². The molecular weight excluding hydrogens is 434 g/mol. The van der Waals surface area contributed by atoms with Gasteiger partial charge in [-0.3, -0.25) is 19.9 Å². The van der Waals surface area contributed by atoms with E-state index >= 15 is 0 Å². The molecule has 4 rings (SSSR count). The van der Waals surface area contributed by atoms with E-state index in [4.69, 9.17) is 5.41 Å². The molecule has 0 bridgehead atoms. The van der Waals surface area contributed by atoms with Crippen LogP contribution in [0.25, 0.3) is 0 Å². The van der Waals surface area contributed by atoms with Gasteiger partial charge in [-0.05, 0) is 20.4 Å². The number of aliphatic hydroxyl groups excluding tert-OH is 1. The normalized spacial score (nSPS) is 33.9. The van der Waals surface area contributed by atoms with Crippen molar-refractivity contribution < 1.29 is 24.6 Å². The Hall–Kier alpha value is -2.11. The average Bonchev–Trinajstić information content (AvgIpc) is 3.23. The number of carbonyl (C=O) groups is 3. The Morgan fingerprint density at radius 1 is 1.25 bits per heavy atom. The fourth-order valence-corrected chi connectivity index (χ4v) is 7.07. The maximum Gasteiger partial charge on any atom is 0.353 e. The SMILES string of the molecule is CC(O)[C@H]1C(=O)N2C(C(=O)O)=C(S[C@H]3C[C@@H](C(=O)N4CCN(C=N)CC4)N(C)C3)[C@H](C)[C@H]12. The molecule has 3 saturated heterocycles. The summed E-state index contributed by atoms with van der Waals surface area (Å²) >= 11 is 1.47. The summed E-state index contributed by atoms with van der Waals surface area (Å²) in [5.74, 6) is -2.11. The van der Waals surface area contributed by atoms with Crippen LogP contribution in [0, 0.1) is 17.2 Å². The lowest BCUT2D eigenvalue weighted by molar-refractivity contribution is -0.163. The first kappa shape index (κ1) is 23.1. The van der Waals surface area contributed by atoms with Crippen LogP contribution in [0.3, 0.4) is 0 Å². The third kappa shape index (κ3) is 3.69. The minimum Gasteiger partial charge on any atom is -0.477 e. The molecule has 6 atom stereocenters. The van der Waals surface area contributed by atoms with Crippen molar-refractivity contribution in [2.24, 2.45) is 11.8 Å². The number of nitrogens with zero attached hydrogens (tertiary/aromatic N) is 4. The fraction of sp³-hybridized carbons (Fsp3) is 0.714. The number of carboxylic acids is 1. The first-order chi connectivity index (χ1) is 15.1. The monoisotopic (exact) mass is 465 g/mol. The summed E-state index contributed by atoms with van der Waals surface area (Å²) in [6.45, 7) is 6.66. The molecule has 0 aliphatic carbocycles. The third-order valence-corrected chi connectivity index (χ3v) is 8.70. The van der Waals surface area contributed by atoms with Crippen LogP contribution >= 0.6 is 11.8 Å². The number of hydrogen-bond acceptors (Lipinski definition) is 7. The van der Waals surface area contributed by atoms with Gasteiger partial charge in [-0.25, -0.2) is 4.79 Å². The number of thioether (sulfide) groups is 1. The molecule has 0 saturated carbocycles. The molecule has 0 aromatic carbocycles. The first-order valence-electron chi connectivity index (χ1n) is 11.0. The molecule has 3 N–H and O–H groups in total. The van der Waals surface area contributed by atoms with Gasteiger partial charge in [0, 0.05) is 48.8 Å². The highest BCUT2D eigenvalue weighted by molar-refractivity contribution is 8.03. The first-order valence-corrected chi connectivity index (χ1v) is 11.9. The van der Waals surface area contributed by atoms with Gasteiger partial charge in [0.25, 0.3) is 0 Å². The van der Waals surface area contributed by atoms with E-state index in [1.165, 1.54) is 23.0 Å². The second kappa shape index (κ2) is 8.68. The highest BCUT2D eigenvalue weighted by Gasteiger charge is 2.60. The van der Waals surface area contributed by atoms with Crippen molar-refractivity contribution in [3.8, 4) is 0 Å². The summed E-state index contributed by atoms with van der Waals surface area (Å²) in [4.78, 5) is 45.4. The quantitative estimate of drug-likeness (QED) is 0.277. The summed E-state index contributed by atoms with van der Waals surface area (Å²) in [5, 5.41) is 27.2. The van der Waals surface area contributed by atoms with E-state index in [-0.39, 0.29) is 40.8 Å². The van der Waals surface area contributed by atoms with Crippen molar-refractivity contribution in [3.63, 3.8) is 0 Å². The lowest BCUT2D eigenvalue weighted by atomic mass is 9.79. The number of fused-ring (bicyclic) bond motifs is 1. The molecule has 2 amide bonds. The van der Waals surface area contributed by atoms with Gasteiger partial charge in [0.1, 0.15) is 5.70 Å². The van der Waals surface area contributed by atoms with Crippen LogP contribution in [0.5, 0.6) is 0 Å². The van der Waals surface area contributed by atoms with Crippen molar-refractivity contribution in [3.05, 3.63) is 10.6 Å². The fourth-order valence-electron chi connectivity index (χ4n) is 5.47.